The Morgan fingerprint density at radius 3 is 0.835 bits per heavy atom. The van der Waals surface area contributed by atoms with E-state index in [-0.39, 0.29) is 46.5 Å². The smallest absolute Gasteiger partial charge is 0.216 e. The Bertz CT molecular complexity index is 7770. The minimum absolute atomic E-state index is 0.352. The highest BCUT2D eigenvalue weighted by molar-refractivity contribution is 6.25. The monoisotopic (exact) mass is 1620 g/mol. The van der Waals surface area contributed by atoms with Crippen LogP contribution in [0.3, 0.4) is 0 Å². The van der Waals surface area contributed by atoms with E-state index < -0.39 is 0 Å². The number of furan rings is 4. The molecule has 0 N–H and O–H groups in total. The molecule has 12 aromatic carbocycles. The number of benzene rings is 12. The molecule has 0 atom stereocenters. The molecule has 8 heterocycles. The summed E-state index contributed by atoms with van der Waals surface area (Å²) >= 11 is 0. The van der Waals surface area contributed by atoms with Gasteiger partial charge in [-0.25, -0.2) is 53.4 Å². The molecular formula is C105H90F8N4O4+4. The van der Waals surface area contributed by atoms with Gasteiger partial charge < -0.3 is 17.7 Å². The molecule has 0 aliphatic rings. The first-order valence-corrected chi connectivity index (χ1v) is 40.7. The molecule has 121 heavy (non-hydrogen) atoms. The number of hydrogen-bond donors (Lipinski definition) is 0. The number of pyridine rings is 4. The number of aromatic nitrogens is 4. The van der Waals surface area contributed by atoms with E-state index in [1.165, 1.54) is 57.6 Å². The van der Waals surface area contributed by atoms with Gasteiger partial charge in [0.1, 0.15) is 97.1 Å². The van der Waals surface area contributed by atoms with Gasteiger partial charge in [-0.3, -0.25) is 0 Å². The molecule has 0 fully saturated rings. The molecule has 0 amide bonds. The predicted octanol–water partition coefficient (Wildman–Crippen LogP) is 27.9. The van der Waals surface area contributed by atoms with Gasteiger partial charge in [-0.1, -0.05) is 139 Å². The molecule has 8 nitrogen and oxygen atoms in total. The fraction of sp³-hybridized carbons (Fsp3) is 0.200. The summed E-state index contributed by atoms with van der Waals surface area (Å²) in [5.41, 5.74) is 21.8. The number of aryl methyl sites for hydroxylation is 12. The fourth-order valence-electron chi connectivity index (χ4n) is 18.2. The highest BCUT2D eigenvalue weighted by Gasteiger charge is 2.33. The second-order valence-corrected chi connectivity index (χ2v) is 33.4. The van der Waals surface area contributed by atoms with E-state index in [2.05, 4.69) is 123 Å². The number of rotatable bonds is 7. The van der Waals surface area contributed by atoms with Crippen molar-refractivity contribution in [3.63, 3.8) is 0 Å². The normalized spacial score (nSPS) is 11.9. The average Bonchev–Trinajstić information content (AvgIpc) is 1.60. The van der Waals surface area contributed by atoms with Gasteiger partial charge in [0.2, 0.25) is 22.8 Å². The van der Waals surface area contributed by atoms with Gasteiger partial charge in [-0.15, -0.1) is 0 Å². The Hall–Kier alpha value is -13.1. The van der Waals surface area contributed by atoms with E-state index in [0.717, 1.165) is 72.8 Å². The van der Waals surface area contributed by atoms with E-state index in [9.17, 15) is 17.6 Å². The van der Waals surface area contributed by atoms with Gasteiger partial charge in [0.15, 0.2) is 47.1 Å². The Morgan fingerprint density at radius 1 is 0.240 bits per heavy atom. The molecule has 20 rings (SSSR count). The number of nitrogens with zero attached hydrogens (tertiary/aromatic N) is 4. The molecule has 0 spiro atoms. The number of hydrogen-bond acceptors (Lipinski definition) is 4. The Labute approximate surface area is 694 Å². The van der Waals surface area contributed by atoms with E-state index in [1.807, 2.05) is 124 Å². The summed E-state index contributed by atoms with van der Waals surface area (Å²) in [6.07, 6.45) is 8.28. The highest BCUT2D eigenvalue weighted by Crippen LogP contribution is 2.49. The SMILES string of the molecule is Cc1c[n+](C)c(-c2c(C)cc(F)c3c2oc2cc(F)c4ccccc4c23)cc1C(C)C.Cc1cc(-c2c(C)cc(F)c3c2oc2cc(F)c4ccccc4c23)[n+](C)cc1C.Cc1cc(-c2c(C)cc(F)c3c2oc2cc(F)c4ccccc4c23)[n+](C)cc1C(C)C.Cc1cc(F)c2c(oc3cc(F)c4ccccc4c32)c1-c1cc(C(C)C)cc[n+]1C. The van der Waals surface area contributed by atoms with E-state index >= 15 is 17.6 Å². The van der Waals surface area contributed by atoms with Crippen LogP contribution in [0.15, 0.2) is 218 Å². The molecule has 0 bridgehead atoms. The molecule has 0 saturated heterocycles. The summed E-state index contributed by atoms with van der Waals surface area (Å²) in [5, 5.41) is 8.51. The minimum Gasteiger partial charge on any atom is -0.455 e. The largest absolute Gasteiger partial charge is 0.455 e. The molecule has 0 aliphatic heterocycles. The third-order valence-corrected chi connectivity index (χ3v) is 24.3. The minimum atomic E-state index is -0.373. The van der Waals surface area contributed by atoms with Crippen LogP contribution in [0.2, 0.25) is 0 Å². The van der Waals surface area contributed by atoms with Gasteiger partial charge >= 0.3 is 0 Å². The van der Waals surface area contributed by atoms with Gasteiger partial charge in [0.25, 0.3) is 0 Å². The predicted molar refractivity (Wildman–Crippen MR) is 471 cm³/mol. The summed E-state index contributed by atoms with van der Waals surface area (Å²) < 4.78 is 153. The molecule has 0 saturated carbocycles. The zero-order chi connectivity index (χ0) is 85.6. The van der Waals surface area contributed by atoms with Crippen molar-refractivity contribution < 1.29 is 71.1 Å². The van der Waals surface area contributed by atoms with Crippen LogP contribution in [0.1, 0.15) is 120 Å². The third-order valence-electron chi connectivity index (χ3n) is 24.3. The van der Waals surface area contributed by atoms with Gasteiger partial charge in [-0.2, -0.15) is 0 Å². The molecule has 8 aromatic heterocycles. The van der Waals surface area contributed by atoms with Crippen LogP contribution in [0.4, 0.5) is 35.1 Å². The summed E-state index contributed by atoms with van der Waals surface area (Å²) in [4.78, 5) is 0. The quantitative estimate of drug-likeness (QED) is 0.118. The van der Waals surface area contributed by atoms with Crippen molar-refractivity contribution in [2.24, 2.45) is 28.2 Å². The number of fused-ring (bicyclic) bond motifs is 20. The second-order valence-electron chi connectivity index (χ2n) is 33.4. The van der Waals surface area contributed by atoms with Crippen LogP contribution >= 0.6 is 0 Å². The lowest BCUT2D eigenvalue weighted by Crippen LogP contribution is -2.32. The summed E-state index contributed by atoms with van der Waals surface area (Å²) in [6.45, 7) is 28.8. The summed E-state index contributed by atoms with van der Waals surface area (Å²) in [6, 6.07) is 50.8. The van der Waals surface area contributed by atoms with Gasteiger partial charge in [0, 0.05) is 114 Å². The summed E-state index contributed by atoms with van der Waals surface area (Å²) in [7, 11) is 7.91. The van der Waals surface area contributed by atoms with Crippen LogP contribution in [0.5, 0.6) is 0 Å². The van der Waals surface area contributed by atoms with Gasteiger partial charge in [-0.05, 0) is 163 Å². The van der Waals surface area contributed by atoms with Crippen molar-refractivity contribution in [3.8, 4) is 45.0 Å². The maximum atomic E-state index is 15.3. The van der Waals surface area contributed by atoms with E-state index in [0.29, 0.717) is 149 Å². The van der Waals surface area contributed by atoms with Crippen molar-refractivity contribution >= 4 is 131 Å². The Balaban J connectivity index is 0.000000115. The van der Waals surface area contributed by atoms with Gasteiger partial charge in [0.05, 0.1) is 43.8 Å². The molecular weight excluding hydrogens is 1530 g/mol. The van der Waals surface area contributed by atoms with Crippen LogP contribution < -0.4 is 18.3 Å². The summed E-state index contributed by atoms with van der Waals surface area (Å²) in [5.74, 6) is -1.81. The zero-order valence-electron chi connectivity index (χ0n) is 70.7. The van der Waals surface area contributed by atoms with Crippen LogP contribution in [0.25, 0.3) is 176 Å². The van der Waals surface area contributed by atoms with Crippen molar-refractivity contribution in [3.05, 3.63) is 308 Å². The second kappa shape index (κ2) is 30.6. The lowest BCUT2D eigenvalue weighted by molar-refractivity contribution is -0.661. The standard InChI is InChI=1S/2C27H24F2NO.C26H22F2NO.C25H20F2NO/c1-14(2)19-13-30(5)22(11-15(19)3)24-16(4)10-21(29)26-25-18-9-7-6-8-17(18)20(28)12-23(25)31-27(24)26;1-14(2)19-11-22(30(5)13-16(19)4)24-15(3)10-21(29)26-25-18-9-7-6-8-17(18)20(28)12-23(25)31-27(24)26;1-14(2)16-9-10-29(4)21(12-16)23-15(3)11-20(28)25-24-18-8-6-5-7-17(18)19(27)13-22(24)30-26(23)25;1-13-10-20(28(4)12-15(13)3)22-14(2)9-19(27)24-23-17-8-6-5-7-16(17)18(26)11-21(23)29-25(22)24/h2*6-14H,1-5H3;5-14H,1-4H3;5-12H,1-4H3/q4*+1. The first-order chi connectivity index (χ1) is 57.8. The van der Waals surface area contributed by atoms with Crippen molar-refractivity contribution in [1.29, 1.82) is 0 Å². The topological polar surface area (TPSA) is 68.1 Å². The maximum absolute atomic E-state index is 15.3. The fourth-order valence-corrected chi connectivity index (χ4v) is 18.2. The molecule has 606 valence electrons. The van der Waals surface area contributed by atoms with Crippen molar-refractivity contribution in [2.45, 2.75) is 115 Å². The first kappa shape index (κ1) is 80.3. The zero-order valence-corrected chi connectivity index (χ0v) is 70.7. The lowest BCUT2D eigenvalue weighted by atomic mass is 9.94. The number of halogens is 8. The molecule has 20 aromatic rings. The Morgan fingerprint density at radius 2 is 0.521 bits per heavy atom. The highest BCUT2D eigenvalue weighted by atomic mass is 19.2. The van der Waals surface area contributed by atoms with Crippen LogP contribution in [-0.2, 0) is 28.2 Å². The maximum Gasteiger partial charge on any atom is 0.216 e. The first-order valence-electron chi connectivity index (χ1n) is 40.7. The molecule has 0 aliphatic carbocycles. The third kappa shape index (κ3) is 13.4. The van der Waals surface area contributed by atoms with E-state index in [4.69, 9.17) is 17.7 Å². The molecule has 16 heteroatoms. The Kier molecular flexibility index (Phi) is 20.3. The van der Waals surface area contributed by atoms with Crippen LogP contribution in [-0.4, -0.2) is 0 Å². The lowest BCUT2D eigenvalue weighted by Gasteiger charge is -2.12. The van der Waals surface area contributed by atoms with Crippen molar-refractivity contribution in [1.82, 2.24) is 0 Å². The van der Waals surface area contributed by atoms with Crippen LogP contribution in [0, 0.1) is 102 Å². The van der Waals surface area contributed by atoms with E-state index in [1.54, 1.807) is 72.8 Å². The molecule has 0 radical (unpaired) electrons. The average molecular weight is 1620 g/mol. The molecule has 0 unspecified atom stereocenters. The van der Waals surface area contributed by atoms with Crippen molar-refractivity contribution in [2.75, 3.05) is 0 Å².